The lowest BCUT2D eigenvalue weighted by Crippen LogP contribution is -2.05. The highest BCUT2D eigenvalue weighted by Crippen LogP contribution is 2.21. The van der Waals surface area contributed by atoms with Gasteiger partial charge in [-0.05, 0) is 18.2 Å². The molecule has 5 heteroatoms. The number of halogens is 2. The summed E-state index contributed by atoms with van der Waals surface area (Å²) < 4.78 is 5.90. The lowest BCUT2D eigenvalue weighted by molar-refractivity contribution is 0.110. The van der Waals surface area contributed by atoms with Gasteiger partial charge in [-0.25, -0.2) is 0 Å². The van der Waals surface area contributed by atoms with Crippen LogP contribution in [0.5, 0.6) is 0 Å². The van der Waals surface area contributed by atoms with E-state index in [1.54, 1.807) is 18.2 Å². The van der Waals surface area contributed by atoms with Gasteiger partial charge < -0.3 is 4.42 Å². The SMILES string of the molecule is O=Cc1oc2ccc(Br)cc2c(=O)c1Cl. The zero-order valence-corrected chi connectivity index (χ0v) is 9.63. The van der Waals surface area contributed by atoms with Crippen molar-refractivity contribution in [3.8, 4) is 0 Å². The predicted octanol–water partition coefficient (Wildman–Crippen LogP) is 3.02. The fourth-order valence-electron chi connectivity index (χ4n) is 1.24. The van der Waals surface area contributed by atoms with Crippen molar-refractivity contribution < 1.29 is 9.21 Å². The third kappa shape index (κ3) is 1.70. The van der Waals surface area contributed by atoms with Crippen molar-refractivity contribution in [3.63, 3.8) is 0 Å². The molecule has 3 nitrogen and oxygen atoms in total. The molecule has 0 saturated heterocycles. The van der Waals surface area contributed by atoms with Gasteiger partial charge in [-0.1, -0.05) is 27.5 Å². The standard InChI is InChI=1S/C10H4BrClO3/c11-5-1-2-7-6(3-5)10(14)9(12)8(4-13)15-7/h1-4H. The third-order valence-electron chi connectivity index (χ3n) is 1.93. The van der Waals surface area contributed by atoms with Crippen LogP contribution in [0.2, 0.25) is 5.02 Å². The van der Waals surface area contributed by atoms with Gasteiger partial charge in [0.2, 0.25) is 5.43 Å². The van der Waals surface area contributed by atoms with Crippen molar-refractivity contribution in [2.75, 3.05) is 0 Å². The molecule has 1 heterocycles. The van der Waals surface area contributed by atoms with E-state index < -0.39 is 5.43 Å². The van der Waals surface area contributed by atoms with Crippen LogP contribution in [-0.4, -0.2) is 6.29 Å². The molecule has 76 valence electrons. The first-order chi connectivity index (χ1) is 7.13. The Labute approximate surface area is 97.8 Å². The fourth-order valence-corrected chi connectivity index (χ4v) is 1.78. The second kappa shape index (κ2) is 3.79. The third-order valence-corrected chi connectivity index (χ3v) is 2.78. The first-order valence-corrected chi connectivity index (χ1v) is 5.17. The fraction of sp³-hybridized carbons (Fsp3) is 0. The van der Waals surface area contributed by atoms with Gasteiger partial charge in [-0.3, -0.25) is 9.59 Å². The highest BCUT2D eigenvalue weighted by molar-refractivity contribution is 9.10. The van der Waals surface area contributed by atoms with Gasteiger partial charge in [0.05, 0.1) is 5.39 Å². The zero-order chi connectivity index (χ0) is 11.0. The molecule has 0 aliphatic rings. The normalized spacial score (nSPS) is 10.5. The van der Waals surface area contributed by atoms with Crippen molar-refractivity contribution in [2.24, 2.45) is 0 Å². The molecular formula is C10H4BrClO3. The van der Waals surface area contributed by atoms with E-state index in [0.29, 0.717) is 17.3 Å². The average molecular weight is 287 g/mol. The van der Waals surface area contributed by atoms with Crippen LogP contribution >= 0.6 is 27.5 Å². The van der Waals surface area contributed by atoms with E-state index in [0.717, 1.165) is 4.47 Å². The number of carbonyl (C=O) groups excluding carboxylic acids is 1. The summed E-state index contributed by atoms with van der Waals surface area (Å²) >= 11 is 8.91. The highest BCUT2D eigenvalue weighted by atomic mass is 79.9. The second-order valence-electron chi connectivity index (χ2n) is 2.87. The average Bonchev–Trinajstić information content (AvgIpc) is 2.24. The molecule has 0 aliphatic carbocycles. The summed E-state index contributed by atoms with van der Waals surface area (Å²) in [5.74, 6) is -0.142. The van der Waals surface area contributed by atoms with Crippen LogP contribution in [0.3, 0.4) is 0 Å². The molecule has 1 aromatic heterocycles. The van der Waals surface area contributed by atoms with Crippen LogP contribution in [0.4, 0.5) is 0 Å². The Bertz CT molecular complexity index is 603. The Balaban J connectivity index is 2.97. The molecule has 1 aromatic carbocycles. The summed E-state index contributed by atoms with van der Waals surface area (Å²) in [6.07, 6.45) is 0.422. The number of rotatable bonds is 1. The van der Waals surface area contributed by atoms with Gasteiger partial charge in [-0.15, -0.1) is 0 Å². The van der Waals surface area contributed by atoms with Crippen molar-refractivity contribution >= 4 is 44.8 Å². The van der Waals surface area contributed by atoms with E-state index in [9.17, 15) is 9.59 Å². The largest absolute Gasteiger partial charge is 0.451 e. The van der Waals surface area contributed by atoms with Crippen LogP contribution < -0.4 is 5.43 Å². The molecule has 0 fully saturated rings. The van der Waals surface area contributed by atoms with Crippen molar-refractivity contribution in [3.05, 3.63) is 43.7 Å². The molecule has 0 unspecified atom stereocenters. The summed E-state index contributed by atoms with van der Waals surface area (Å²) in [5.41, 5.74) is -0.0592. The Hall–Kier alpha value is -1.13. The highest BCUT2D eigenvalue weighted by Gasteiger charge is 2.11. The number of hydrogen-bond acceptors (Lipinski definition) is 3. The van der Waals surface area contributed by atoms with E-state index in [2.05, 4.69) is 15.9 Å². The molecule has 0 atom stereocenters. The lowest BCUT2D eigenvalue weighted by atomic mass is 10.2. The van der Waals surface area contributed by atoms with Gasteiger partial charge in [0, 0.05) is 4.47 Å². The Morgan fingerprint density at radius 2 is 2.13 bits per heavy atom. The molecule has 0 saturated carbocycles. The maximum absolute atomic E-state index is 11.7. The number of hydrogen-bond donors (Lipinski definition) is 0. The van der Waals surface area contributed by atoms with Gasteiger partial charge in [0.1, 0.15) is 10.6 Å². The van der Waals surface area contributed by atoms with Crippen molar-refractivity contribution in [2.45, 2.75) is 0 Å². The van der Waals surface area contributed by atoms with Gasteiger partial charge in [-0.2, -0.15) is 0 Å². The topological polar surface area (TPSA) is 47.3 Å². The summed E-state index contributed by atoms with van der Waals surface area (Å²) in [6, 6.07) is 4.92. The minimum absolute atomic E-state index is 0.142. The van der Waals surface area contributed by atoms with Crippen LogP contribution in [0, 0.1) is 0 Å². The Morgan fingerprint density at radius 1 is 1.40 bits per heavy atom. The van der Waals surface area contributed by atoms with Crippen LogP contribution in [-0.2, 0) is 0 Å². The van der Waals surface area contributed by atoms with E-state index >= 15 is 0 Å². The minimum atomic E-state index is -0.402. The summed E-state index contributed by atoms with van der Waals surface area (Å²) in [4.78, 5) is 22.3. The van der Waals surface area contributed by atoms with Gasteiger partial charge >= 0.3 is 0 Å². The maximum atomic E-state index is 11.7. The molecule has 0 spiro atoms. The second-order valence-corrected chi connectivity index (χ2v) is 4.16. The first-order valence-electron chi connectivity index (χ1n) is 4.00. The maximum Gasteiger partial charge on any atom is 0.212 e. The Morgan fingerprint density at radius 3 is 2.80 bits per heavy atom. The predicted molar refractivity (Wildman–Crippen MR) is 60.6 cm³/mol. The summed E-state index contributed by atoms with van der Waals surface area (Å²) in [7, 11) is 0. The first kappa shape index (κ1) is 10.4. The molecule has 0 radical (unpaired) electrons. The van der Waals surface area contributed by atoms with E-state index in [1.807, 2.05) is 0 Å². The monoisotopic (exact) mass is 286 g/mol. The molecule has 0 amide bonds. The van der Waals surface area contributed by atoms with Gasteiger partial charge in [0.25, 0.3) is 0 Å². The van der Waals surface area contributed by atoms with E-state index in [-0.39, 0.29) is 10.8 Å². The summed E-state index contributed by atoms with van der Waals surface area (Å²) in [5, 5.41) is 0.163. The quantitative estimate of drug-likeness (QED) is 0.757. The lowest BCUT2D eigenvalue weighted by Gasteiger charge is -2.00. The number of carbonyl (C=O) groups is 1. The number of benzene rings is 1. The molecule has 0 aliphatic heterocycles. The van der Waals surface area contributed by atoms with Crippen molar-refractivity contribution in [1.82, 2.24) is 0 Å². The van der Waals surface area contributed by atoms with E-state index in [4.69, 9.17) is 16.0 Å². The van der Waals surface area contributed by atoms with Crippen LogP contribution in [0.25, 0.3) is 11.0 Å². The van der Waals surface area contributed by atoms with E-state index in [1.165, 1.54) is 0 Å². The van der Waals surface area contributed by atoms with Crippen LogP contribution in [0.1, 0.15) is 10.6 Å². The van der Waals surface area contributed by atoms with Gasteiger partial charge in [0.15, 0.2) is 12.0 Å². The zero-order valence-electron chi connectivity index (χ0n) is 7.29. The smallest absolute Gasteiger partial charge is 0.212 e. The molecule has 0 bridgehead atoms. The summed E-state index contributed by atoms with van der Waals surface area (Å²) in [6.45, 7) is 0. The molecule has 2 aromatic rings. The Kier molecular flexibility index (Phi) is 2.63. The van der Waals surface area contributed by atoms with Crippen LogP contribution in [0.15, 0.2) is 31.9 Å². The molecule has 0 N–H and O–H groups in total. The van der Waals surface area contributed by atoms with Crippen molar-refractivity contribution in [1.29, 1.82) is 0 Å². The number of aldehydes is 1. The molecule has 2 rings (SSSR count). The number of fused-ring (bicyclic) bond motifs is 1. The molecular weight excluding hydrogens is 283 g/mol. The minimum Gasteiger partial charge on any atom is -0.451 e. The molecule has 15 heavy (non-hydrogen) atoms.